The van der Waals surface area contributed by atoms with Gasteiger partial charge in [-0.25, -0.2) is 4.79 Å². The van der Waals surface area contributed by atoms with E-state index in [4.69, 9.17) is 9.84 Å². The van der Waals surface area contributed by atoms with Crippen molar-refractivity contribution in [3.63, 3.8) is 0 Å². The van der Waals surface area contributed by atoms with Gasteiger partial charge in [0.25, 0.3) is 0 Å². The fourth-order valence-electron chi connectivity index (χ4n) is 1.55. The zero-order valence-corrected chi connectivity index (χ0v) is 11.4. The van der Waals surface area contributed by atoms with E-state index in [9.17, 15) is 9.59 Å². The lowest BCUT2D eigenvalue weighted by Gasteiger charge is -2.30. The molecule has 0 bridgehead atoms. The van der Waals surface area contributed by atoms with Gasteiger partial charge in [0.1, 0.15) is 11.6 Å². The summed E-state index contributed by atoms with van der Waals surface area (Å²) in [5.74, 6) is -0.944. The molecule has 0 aromatic carbocycles. The zero-order chi connectivity index (χ0) is 13.3. The molecule has 98 valence electrons. The van der Waals surface area contributed by atoms with E-state index in [-0.39, 0.29) is 5.97 Å². The minimum atomic E-state index is -0.934. The predicted octanol–water partition coefficient (Wildman–Crippen LogP) is 1.22. The van der Waals surface area contributed by atoms with E-state index in [1.54, 1.807) is 20.8 Å². The molecular weight excluding hydrogens is 242 g/mol. The summed E-state index contributed by atoms with van der Waals surface area (Å²) >= 11 is 1.31. The molecule has 1 fully saturated rings. The molecule has 2 N–H and O–H groups in total. The van der Waals surface area contributed by atoms with Crippen LogP contribution in [0.5, 0.6) is 0 Å². The van der Waals surface area contributed by atoms with Crippen molar-refractivity contribution in [2.75, 3.05) is 5.75 Å². The molecule has 1 saturated heterocycles. The summed E-state index contributed by atoms with van der Waals surface area (Å²) in [6.45, 7) is 7.22. The maximum atomic E-state index is 12.1. The summed E-state index contributed by atoms with van der Waals surface area (Å²) in [7, 11) is 0. The lowest BCUT2D eigenvalue weighted by atomic mass is 10.1. The van der Waals surface area contributed by atoms with Gasteiger partial charge < -0.3 is 9.84 Å². The Bertz CT molecular complexity index is 326. The van der Waals surface area contributed by atoms with Gasteiger partial charge in [-0.1, -0.05) is 6.92 Å². The maximum Gasteiger partial charge on any atom is 0.337 e. The average Bonchev–Trinajstić information content (AvgIpc) is 2.60. The largest absolute Gasteiger partial charge is 0.480 e. The minimum absolute atomic E-state index is 0.377. The van der Waals surface area contributed by atoms with Crippen molar-refractivity contribution in [2.45, 2.75) is 50.6 Å². The van der Waals surface area contributed by atoms with Crippen LogP contribution in [0.2, 0.25) is 0 Å². The van der Waals surface area contributed by atoms with E-state index in [2.05, 4.69) is 5.32 Å². The number of carboxylic acid groups (broad SMARTS) is 1. The summed E-state index contributed by atoms with van der Waals surface area (Å²) in [6.07, 6.45) is 0.496. The second-order valence-corrected chi connectivity index (χ2v) is 6.35. The van der Waals surface area contributed by atoms with E-state index < -0.39 is 22.5 Å². The Balaban J connectivity index is 2.78. The van der Waals surface area contributed by atoms with Crippen molar-refractivity contribution in [1.82, 2.24) is 5.32 Å². The molecule has 1 unspecified atom stereocenters. The molecule has 1 rings (SSSR count). The Hall–Kier alpha value is -0.750. The van der Waals surface area contributed by atoms with Crippen LogP contribution < -0.4 is 5.32 Å². The molecule has 1 aliphatic heterocycles. The molecule has 0 aromatic rings. The number of esters is 1. The molecule has 0 aromatic heterocycles. The number of carbonyl (C=O) groups excluding carboxylic acids is 1. The van der Waals surface area contributed by atoms with Gasteiger partial charge in [0, 0.05) is 5.75 Å². The maximum absolute atomic E-state index is 12.1. The highest BCUT2D eigenvalue weighted by Gasteiger charge is 2.48. The smallest absolute Gasteiger partial charge is 0.337 e. The quantitative estimate of drug-likeness (QED) is 0.744. The lowest BCUT2D eigenvalue weighted by molar-refractivity contribution is -0.159. The fourth-order valence-corrected chi connectivity index (χ4v) is 2.82. The first kappa shape index (κ1) is 14.3. The second-order valence-electron chi connectivity index (χ2n) is 5.03. The topological polar surface area (TPSA) is 75.6 Å². The molecule has 2 atom stereocenters. The van der Waals surface area contributed by atoms with Gasteiger partial charge in [-0.05, 0) is 27.2 Å². The number of carboxylic acids is 1. The number of thioether (sulfide) groups is 1. The van der Waals surface area contributed by atoms with Gasteiger partial charge in [0.05, 0.1) is 0 Å². The van der Waals surface area contributed by atoms with Gasteiger partial charge >= 0.3 is 11.9 Å². The number of carbonyl (C=O) groups is 2. The highest BCUT2D eigenvalue weighted by atomic mass is 32.2. The summed E-state index contributed by atoms with van der Waals surface area (Å²) in [5.41, 5.74) is -0.567. The van der Waals surface area contributed by atoms with E-state index in [0.717, 1.165) is 0 Å². The van der Waals surface area contributed by atoms with Gasteiger partial charge in [0.2, 0.25) is 0 Å². The molecule has 1 heterocycles. The lowest BCUT2D eigenvalue weighted by Crippen LogP contribution is -2.52. The summed E-state index contributed by atoms with van der Waals surface area (Å²) in [4.78, 5) is 22.0. The number of hydrogen-bond donors (Lipinski definition) is 2. The minimum Gasteiger partial charge on any atom is -0.480 e. The number of rotatable bonds is 3. The first-order valence-electron chi connectivity index (χ1n) is 5.58. The molecule has 17 heavy (non-hydrogen) atoms. The number of ether oxygens (including phenoxy) is 1. The van der Waals surface area contributed by atoms with Crippen molar-refractivity contribution in [3.8, 4) is 0 Å². The number of nitrogens with one attached hydrogen (secondary N) is 1. The molecule has 0 amide bonds. The van der Waals surface area contributed by atoms with Crippen LogP contribution in [-0.2, 0) is 14.3 Å². The van der Waals surface area contributed by atoms with Crippen molar-refractivity contribution >= 4 is 23.7 Å². The fraction of sp³-hybridized carbons (Fsp3) is 0.818. The molecule has 0 aliphatic carbocycles. The van der Waals surface area contributed by atoms with E-state index in [0.29, 0.717) is 12.2 Å². The third-order valence-electron chi connectivity index (χ3n) is 2.43. The Kier molecular flexibility index (Phi) is 4.09. The number of hydrogen-bond acceptors (Lipinski definition) is 5. The van der Waals surface area contributed by atoms with Gasteiger partial charge in [0.15, 0.2) is 4.87 Å². The average molecular weight is 261 g/mol. The first-order chi connectivity index (χ1) is 7.70. The summed E-state index contributed by atoms with van der Waals surface area (Å²) in [5, 5.41) is 11.8. The third kappa shape index (κ3) is 3.35. The first-order valence-corrected chi connectivity index (χ1v) is 6.56. The van der Waals surface area contributed by atoms with Gasteiger partial charge in [-0.15, -0.1) is 11.8 Å². The Morgan fingerprint density at radius 1 is 1.53 bits per heavy atom. The van der Waals surface area contributed by atoms with Crippen molar-refractivity contribution < 1.29 is 19.4 Å². The standard InChI is InChI=1S/C11H19NO4S/c1-5-11(9(15)16-10(2,3)4)12-7(6-17-11)8(13)14/h7,12H,5-6H2,1-4H3,(H,13,14)/t7-,11?/m1/s1. The molecule has 0 radical (unpaired) electrons. The molecule has 0 spiro atoms. The van der Waals surface area contributed by atoms with Crippen LogP contribution >= 0.6 is 11.8 Å². The Morgan fingerprint density at radius 2 is 2.12 bits per heavy atom. The summed E-state index contributed by atoms with van der Waals surface area (Å²) < 4.78 is 5.33. The van der Waals surface area contributed by atoms with E-state index in [1.165, 1.54) is 11.8 Å². The highest BCUT2D eigenvalue weighted by Crippen LogP contribution is 2.35. The molecule has 0 saturated carbocycles. The van der Waals surface area contributed by atoms with Crippen LogP contribution in [0, 0.1) is 0 Å². The molecule has 6 heteroatoms. The zero-order valence-electron chi connectivity index (χ0n) is 10.6. The highest BCUT2D eigenvalue weighted by molar-refractivity contribution is 8.01. The van der Waals surface area contributed by atoms with Crippen molar-refractivity contribution in [3.05, 3.63) is 0 Å². The molecule has 5 nitrogen and oxygen atoms in total. The third-order valence-corrected chi connectivity index (χ3v) is 3.99. The van der Waals surface area contributed by atoms with Crippen molar-refractivity contribution in [1.29, 1.82) is 0 Å². The van der Waals surface area contributed by atoms with Crippen LogP contribution in [0.1, 0.15) is 34.1 Å². The van der Waals surface area contributed by atoms with Gasteiger partial charge in [-0.3, -0.25) is 10.1 Å². The van der Waals surface area contributed by atoms with Crippen LogP contribution in [0.25, 0.3) is 0 Å². The second kappa shape index (κ2) is 4.86. The Morgan fingerprint density at radius 3 is 2.47 bits per heavy atom. The molecular formula is C11H19NO4S. The van der Waals surface area contributed by atoms with Gasteiger partial charge in [-0.2, -0.15) is 0 Å². The SMILES string of the molecule is CCC1(C(=O)OC(C)(C)C)N[C@@H](C(=O)O)CS1. The predicted molar refractivity (Wildman–Crippen MR) is 65.9 cm³/mol. The van der Waals surface area contributed by atoms with E-state index in [1.807, 2.05) is 6.92 Å². The van der Waals surface area contributed by atoms with Crippen LogP contribution in [0.4, 0.5) is 0 Å². The number of aliphatic carboxylic acids is 1. The summed E-state index contributed by atoms with van der Waals surface area (Å²) in [6, 6.07) is -0.688. The normalized spacial score (nSPS) is 29.1. The van der Waals surface area contributed by atoms with Crippen molar-refractivity contribution in [2.24, 2.45) is 0 Å². The van der Waals surface area contributed by atoms with Crippen LogP contribution in [-0.4, -0.2) is 39.3 Å². The molecule has 1 aliphatic rings. The van der Waals surface area contributed by atoms with E-state index >= 15 is 0 Å². The Labute approximate surface area is 105 Å². The van der Waals surface area contributed by atoms with Crippen LogP contribution in [0.15, 0.2) is 0 Å². The van der Waals surface area contributed by atoms with Crippen LogP contribution in [0.3, 0.4) is 0 Å². The monoisotopic (exact) mass is 261 g/mol.